The van der Waals surface area contributed by atoms with Crippen molar-refractivity contribution >= 4 is 0 Å². The Balaban J connectivity index is 1.93. The minimum absolute atomic E-state index is 0.150. The maximum Gasteiger partial charge on any atom is 0.124 e. The highest BCUT2D eigenvalue weighted by molar-refractivity contribution is 5.19. The Hall–Kier alpha value is -1.68. The third kappa shape index (κ3) is 2.67. The molecule has 0 fully saturated rings. The summed E-state index contributed by atoms with van der Waals surface area (Å²) >= 11 is 0. The Morgan fingerprint density at radius 3 is 2.69 bits per heavy atom. The van der Waals surface area contributed by atoms with Crippen molar-refractivity contribution in [2.45, 2.75) is 19.5 Å². The van der Waals surface area contributed by atoms with Crippen LogP contribution in [-0.4, -0.2) is 5.16 Å². The number of nitrogens with zero attached hydrogens (tertiary/aromatic N) is 1. The average Bonchev–Trinajstić information content (AvgIpc) is 2.80. The number of hydrogen-bond acceptors (Lipinski definition) is 3. The van der Waals surface area contributed by atoms with Gasteiger partial charge in [0, 0.05) is 18.7 Å². The Kier molecular flexibility index (Phi) is 3.31. The maximum absolute atomic E-state index is 12.7. The van der Waals surface area contributed by atoms with E-state index in [4.69, 9.17) is 4.52 Å². The van der Waals surface area contributed by atoms with Gasteiger partial charge in [0.25, 0.3) is 0 Å². The number of aromatic nitrogens is 1. The zero-order valence-corrected chi connectivity index (χ0v) is 8.98. The number of halogens is 1. The third-order valence-electron chi connectivity index (χ3n) is 2.45. The molecule has 2 rings (SSSR count). The number of hydrogen-bond donors (Lipinski definition) is 1. The van der Waals surface area contributed by atoms with E-state index in [1.807, 2.05) is 13.0 Å². The second-order valence-corrected chi connectivity index (χ2v) is 3.64. The van der Waals surface area contributed by atoms with E-state index in [1.54, 1.807) is 18.4 Å². The molecule has 1 atom stereocenters. The molecule has 0 amide bonds. The molecule has 0 bridgehead atoms. The molecule has 0 saturated heterocycles. The van der Waals surface area contributed by atoms with Crippen molar-refractivity contribution in [1.29, 1.82) is 0 Å². The third-order valence-corrected chi connectivity index (χ3v) is 2.45. The Bertz CT molecular complexity index is 425. The normalized spacial score (nSPS) is 12.6. The lowest BCUT2D eigenvalue weighted by atomic mass is 10.1. The van der Waals surface area contributed by atoms with Crippen molar-refractivity contribution in [2.24, 2.45) is 0 Å². The van der Waals surface area contributed by atoms with Gasteiger partial charge in [-0.15, -0.1) is 0 Å². The lowest BCUT2D eigenvalue weighted by Crippen LogP contribution is -2.18. The molecule has 0 aliphatic rings. The Morgan fingerprint density at radius 2 is 2.06 bits per heavy atom. The first-order chi connectivity index (χ1) is 7.75. The lowest BCUT2D eigenvalue weighted by Gasteiger charge is -2.12. The van der Waals surface area contributed by atoms with Crippen LogP contribution in [0.15, 0.2) is 41.1 Å². The fourth-order valence-electron chi connectivity index (χ4n) is 1.46. The average molecular weight is 220 g/mol. The lowest BCUT2D eigenvalue weighted by molar-refractivity contribution is 0.406. The van der Waals surface area contributed by atoms with E-state index < -0.39 is 0 Å². The van der Waals surface area contributed by atoms with Crippen LogP contribution in [-0.2, 0) is 6.54 Å². The molecule has 3 nitrogen and oxygen atoms in total. The van der Waals surface area contributed by atoms with Gasteiger partial charge in [-0.3, -0.25) is 0 Å². The minimum Gasteiger partial charge on any atom is -0.364 e. The highest BCUT2D eigenvalue weighted by atomic mass is 19.1. The fourth-order valence-corrected chi connectivity index (χ4v) is 1.46. The van der Waals surface area contributed by atoms with Gasteiger partial charge >= 0.3 is 0 Å². The molecule has 1 N–H and O–H groups in total. The summed E-state index contributed by atoms with van der Waals surface area (Å²) in [7, 11) is 0. The van der Waals surface area contributed by atoms with Crippen molar-refractivity contribution in [2.75, 3.05) is 0 Å². The molecule has 16 heavy (non-hydrogen) atoms. The number of rotatable bonds is 4. The molecule has 0 saturated carbocycles. The summed E-state index contributed by atoms with van der Waals surface area (Å²) in [5.74, 6) is -0.215. The van der Waals surface area contributed by atoms with Crippen LogP contribution >= 0.6 is 0 Å². The zero-order chi connectivity index (χ0) is 11.4. The zero-order valence-electron chi connectivity index (χ0n) is 8.98. The van der Waals surface area contributed by atoms with Gasteiger partial charge in [-0.25, -0.2) is 4.39 Å². The first kappa shape index (κ1) is 10.8. The van der Waals surface area contributed by atoms with E-state index in [-0.39, 0.29) is 11.9 Å². The summed E-state index contributed by atoms with van der Waals surface area (Å²) in [5.41, 5.74) is 1.90. The molecular weight excluding hydrogens is 207 g/mol. The van der Waals surface area contributed by atoms with Gasteiger partial charge in [-0.2, -0.15) is 0 Å². The second-order valence-electron chi connectivity index (χ2n) is 3.64. The van der Waals surface area contributed by atoms with Crippen LogP contribution in [0.25, 0.3) is 0 Å². The minimum atomic E-state index is -0.215. The highest BCUT2D eigenvalue weighted by Crippen LogP contribution is 2.13. The molecule has 84 valence electrons. The van der Waals surface area contributed by atoms with Crippen LogP contribution in [0.1, 0.15) is 24.2 Å². The summed E-state index contributed by atoms with van der Waals surface area (Å²) < 4.78 is 17.4. The van der Waals surface area contributed by atoms with Gasteiger partial charge in [0.05, 0.1) is 5.69 Å². The van der Waals surface area contributed by atoms with E-state index >= 15 is 0 Å². The van der Waals surface area contributed by atoms with Gasteiger partial charge in [-0.1, -0.05) is 17.3 Å². The van der Waals surface area contributed by atoms with E-state index in [0.717, 1.165) is 11.3 Å². The summed E-state index contributed by atoms with van der Waals surface area (Å²) in [6.07, 6.45) is 1.54. The SMILES string of the molecule is CC(NCc1ccon1)c1ccc(F)cc1. The van der Waals surface area contributed by atoms with Crippen molar-refractivity contribution < 1.29 is 8.91 Å². The van der Waals surface area contributed by atoms with E-state index in [2.05, 4.69) is 10.5 Å². The molecule has 1 aromatic carbocycles. The van der Waals surface area contributed by atoms with Gasteiger partial charge in [0.15, 0.2) is 0 Å². The monoisotopic (exact) mass is 220 g/mol. The van der Waals surface area contributed by atoms with Crippen LogP contribution in [0.4, 0.5) is 4.39 Å². The molecule has 1 unspecified atom stereocenters. The summed E-state index contributed by atoms with van der Waals surface area (Å²) in [6, 6.07) is 8.43. The van der Waals surface area contributed by atoms with E-state index in [1.165, 1.54) is 12.1 Å². The quantitative estimate of drug-likeness (QED) is 0.860. The molecule has 1 heterocycles. The first-order valence-corrected chi connectivity index (χ1v) is 5.14. The summed E-state index contributed by atoms with van der Waals surface area (Å²) in [6.45, 7) is 2.66. The highest BCUT2D eigenvalue weighted by Gasteiger charge is 2.05. The van der Waals surface area contributed by atoms with Gasteiger partial charge in [0.2, 0.25) is 0 Å². The van der Waals surface area contributed by atoms with Crippen LogP contribution in [0.3, 0.4) is 0 Å². The first-order valence-electron chi connectivity index (χ1n) is 5.14. The van der Waals surface area contributed by atoms with Crippen molar-refractivity contribution in [3.8, 4) is 0 Å². The molecule has 0 aliphatic heterocycles. The maximum atomic E-state index is 12.7. The van der Waals surface area contributed by atoms with E-state index in [0.29, 0.717) is 6.54 Å². The van der Waals surface area contributed by atoms with Crippen molar-refractivity contribution in [3.05, 3.63) is 53.7 Å². The smallest absolute Gasteiger partial charge is 0.124 e. The van der Waals surface area contributed by atoms with E-state index in [9.17, 15) is 4.39 Å². The van der Waals surface area contributed by atoms with Crippen LogP contribution in [0.2, 0.25) is 0 Å². The fraction of sp³-hybridized carbons (Fsp3) is 0.250. The number of benzene rings is 1. The molecule has 4 heteroatoms. The molecule has 1 aromatic heterocycles. The summed E-state index contributed by atoms with van der Waals surface area (Å²) in [4.78, 5) is 0. The topological polar surface area (TPSA) is 38.1 Å². The predicted molar refractivity (Wildman–Crippen MR) is 58.2 cm³/mol. The molecule has 0 aliphatic carbocycles. The van der Waals surface area contributed by atoms with Gasteiger partial charge < -0.3 is 9.84 Å². The second kappa shape index (κ2) is 4.90. The van der Waals surface area contributed by atoms with Gasteiger partial charge in [-0.05, 0) is 24.6 Å². The molecule has 2 aromatic rings. The Morgan fingerprint density at radius 1 is 1.31 bits per heavy atom. The summed E-state index contributed by atoms with van der Waals surface area (Å²) in [5, 5.41) is 7.07. The van der Waals surface area contributed by atoms with Gasteiger partial charge in [0.1, 0.15) is 12.1 Å². The molecular formula is C12H13FN2O. The van der Waals surface area contributed by atoms with Crippen molar-refractivity contribution in [3.63, 3.8) is 0 Å². The number of nitrogens with one attached hydrogen (secondary N) is 1. The predicted octanol–water partition coefficient (Wildman–Crippen LogP) is 2.66. The van der Waals surface area contributed by atoms with Crippen molar-refractivity contribution in [1.82, 2.24) is 10.5 Å². The molecule has 0 spiro atoms. The Labute approximate surface area is 93.3 Å². The standard InChI is InChI=1S/C12H13FN2O/c1-9(10-2-4-11(13)5-3-10)14-8-12-6-7-16-15-12/h2-7,9,14H,8H2,1H3. The van der Waals surface area contributed by atoms with Crippen LogP contribution < -0.4 is 5.32 Å². The molecule has 0 radical (unpaired) electrons. The van der Waals surface area contributed by atoms with Crippen LogP contribution in [0, 0.1) is 5.82 Å². The van der Waals surface area contributed by atoms with Crippen LogP contribution in [0.5, 0.6) is 0 Å². The largest absolute Gasteiger partial charge is 0.364 e.